The molecule has 1 radical (unpaired) electrons. The lowest BCUT2D eigenvalue weighted by Crippen LogP contribution is -2.41. The smallest absolute Gasteiger partial charge is 0.270 e. The molecule has 171 valence electrons. The van der Waals surface area contributed by atoms with Crippen molar-refractivity contribution in [2.24, 2.45) is 4.99 Å². The van der Waals surface area contributed by atoms with Crippen LogP contribution in [0.5, 0.6) is 0 Å². The Morgan fingerprint density at radius 2 is 2.09 bits per heavy atom. The van der Waals surface area contributed by atoms with Crippen LogP contribution in [0.25, 0.3) is 0 Å². The van der Waals surface area contributed by atoms with Gasteiger partial charge in [-0.1, -0.05) is 24.8 Å². The predicted octanol–water partition coefficient (Wildman–Crippen LogP) is 3.17. The van der Waals surface area contributed by atoms with E-state index in [1.54, 1.807) is 18.3 Å². The largest absolute Gasteiger partial charge is 0.378 e. The molecule has 7 heteroatoms. The minimum Gasteiger partial charge on any atom is -0.378 e. The first kappa shape index (κ1) is 22.9. The maximum absolute atomic E-state index is 13.2. The van der Waals surface area contributed by atoms with Gasteiger partial charge in [-0.2, -0.15) is 0 Å². The number of hydrogen-bond donors (Lipinski definition) is 1. The molecule has 1 unspecified atom stereocenters. The molecule has 2 amide bonds. The van der Waals surface area contributed by atoms with Gasteiger partial charge in [-0.05, 0) is 49.1 Å². The Kier molecular flexibility index (Phi) is 6.99. The van der Waals surface area contributed by atoms with Crippen LogP contribution >= 0.6 is 0 Å². The molecule has 1 atom stereocenters. The number of fused-ring (bicyclic) bond motifs is 1. The van der Waals surface area contributed by atoms with E-state index >= 15 is 0 Å². The molecule has 0 bridgehead atoms. The van der Waals surface area contributed by atoms with Crippen LogP contribution in [0.4, 0.5) is 0 Å². The first-order chi connectivity index (χ1) is 16.0. The van der Waals surface area contributed by atoms with Crippen molar-refractivity contribution in [2.45, 2.75) is 32.7 Å². The van der Waals surface area contributed by atoms with Gasteiger partial charge in [-0.15, -0.1) is 0 Å². The van der Waals surface area contributed by atoms with E-state index in [2.05, 4.69) is 21.9 Å². The van der Waals surface area contributed by atoms with Crippen LogP contribution in [0.15, 0.2) is 70.5 Å². The van der Waals surface area contributed by atoms with Crippen molar-refractivity contribution in [3.8, 4) is 0 Å². The lowest BCUT2D eigenvalue weighted by molar-refractivity contribution is -0.135. The Bertz CT molecular complexity index is 1090. The van der Waals surface area contributed by atoms with E-state index in [0.29, 0.717) is 44.9 Å². The monoisotopic (exact) mass is 445 g/mol. The fourth-order valence-electron chi connectivity index (χ4n) is 4.23. The Hall–Kier alpha value is -3.32. The van der Waals surface area contributed by atoms with Gasteiger partial charge >= 0.3 is 0 Å². The van der Waals surface area contributed by atoms with Crippen LogP contribution in [0.1, 0.15) is 37.1 Å². The number of allylic oxidation sites excluding steroid dienone is 4. The van der Waals surface area contributed by atoms with Crippen molar-refractivity contribution in [2.75, 3.05) is 26.3 Å². The van der Waals surface area contributed by atoms with Gasteiger partial charge in [-0.25, -0.2) is 4.99 Å². The van der Waals surface area contributed by atoms with Crippen LogP contribution in [-0.2, 0) is 14.3 Å². The summed E-state index contributed by atoms with van der Waals surface area (Å²) in [4.78, 5) is 36.9. The number of nitrogens with zero attached hydrogens (tertiary/aromatic N) is 3. The van der Waals surface area contributed by atoms with Crippen molar-refractivity contribution in [1.82, 2.24) is 15.2 Å². The molecular formula is C26H29N4O3. The Labute approximate surface area is 194 Å². The van der Waals surface area contributed by atoms with E-state index in [9.17, 15) is 9.59 Å². The summed E-state index contributed by atoms with van der Waals surface area (Å²) >= 11 is 0. The fourth-order valence-corrected chi connectivity index (χ4v) is 4.23. The highest BCUT2D eigenvalue weighted by Gasteiger charge is 2.28. The second-order valence-corrected chi connectivity index (χ2v) is 8.34. The number of rotatable bonds is 7. The van der Waals surface area contributed by atoms with Crippen LogP contribution in [0.3, 0.4) is 0 Å². The lowest BCUT2D eigenvalue weighted by Gasteiger charge is -2.27. The second kappa shape index (κ2) is 10.1. The molecule has 7 nitrogen and oxygen atoms in total. The van der Waals surface area contributed by atoms with Gasteiger partial charge in [0.05, 0.1) is 30.6 Å². The standard InChI is InChI=1S/C26H29N4O3/c1-4-19-8-7-18(3)24-20(19)16-22(28-24)26(32)29-21(25-17(2)6-5-11-27-25)9-10-23(31)30-12-14-33-15-13-30/h4-8,11,16,21H,1,9-10,12-15H2,2-3H3,(H,29,32). The number of hydrogen-bond acceptors (Lipinski definition) is 5. The Morgan fingerprint density at radius 1 is 1.30 bits per heavy atom. The number of pyridine rings is 1. The average Bonchev–Trinajstić information content (AvgIpc) is 3.29. The zero-order valence-electron chi connectivity index (χ0n) is 19.1. The fraction of sp³-hybridized carbons (Fsp3) is 0.346. The molecule has 2 aliphatic heterocycles. The summed E-state index contributed by atoms with van der Waals surface area (Å²) in [7, 11) is 0. The van der Waals surface area contributed by atoms with E-state index < -0.39 is 6.04 Å². The molecule has 0 aromatic carbocycles. The highest BCUT2D eigenvalue weighted by molar-refractivity contribution is 6.45. The highest BCUT2D eigenvalue weighted by Crippen LogP contribution is 2.34. The number of carbonyl (C=O) groups excluding carboxylic acids is 2. The normalized spacial score (nSPS) is 18.7. The summed E-state index contributed by atoms with van der Waals surface area (Å²) in [6, 6.07) is 3.42. The number of aromatic nitrogens is 1. The summed E-state index contributed by atoms with van der Waals surface area (Å²) in [6.07, 6.45) is 10.0. The SMILES string of the molecule is C=CC1=C[CH]C(C)=C2N=C(C(=O)NC(CCC(=O)N3CCOCC3)c3ncccc3C)C=C12. The Morgan fingerprint density at radius 3 is 2.82 bits per heavy atom. The summed E-state index contributed by atoms with van der Waals surface area (Å²) in [5.74, 6) is -0.218. The molecular weight excluding hydrogens is 416 g/mol. The van der Waals surface area contributed by atoms with E-state index in [-0.39, 0.29) is 11.8 Å². The molecule has 0 spiro atoms. The third kappa shape index (κ3) is 5.03. The molecule has 1 N–H and O–H groups in total. The minimum absolute atomic E-state index is 0.0644. The van der Waals surface area contributed by atoms with Crippen molar-refractivity contribution in [3.05, 3.63) is 83.2 Å². The number of aryl methyl sites for hydroxylation is 1. The molecule has 1 fully saturated rings. The number of carbonyl (C=O) groups is 2. The van der Waals surface area contributed by atoms with Gasteiger partial charge < -0.3 is 15.0 Å². The first-order valence-corrected chi connectivity index (χ1v) is 11.3. The van der Waals surface area contributed by atoms with Gasteiger partial charge in [0.2, 0.25) is 5.91 Å². The van der Waals surface area contributed by atoms with Gasteiger partial charge in [0.15, 0.2) is 0 Å². The quantitative estimate of drug-likeness (QED) is 0.699. The Balaban J connectivity index is 1.52. The van der Waals surface area contributed by atoms with E-state index in [0.717, 1.165) is 33.7 Å². The number of aliphatic imine (C=N–C) groups is 1. The van der Waals surface area contributed by atoms with E-state index in [4.69, 9.17) is 4.74 Å². The molecule has 4 rings (SSSR count). The summed E-state index contributed by atoms with van der Waals surface area (Å²) in [5, 5.41) is 3.08. The third-order valence-corrected chi connectivity index (χ3v) is 6.11. The summed E-state index contributed by atoms with van der Waals surface area (Å²) < 4.78 is 5.34. The van der Waals surface area contributed by atoms with Crippen LogP contribution < -0.4 is 5.32 Å². The van der Waals surface area contributed by atoms with Gasteiger partial charge in [-0.3, -0.25) is 14.6 Å². The zero-order chi connectivity index (χ0) is 23.4. The molecule has 0 saturated carbocycles. The maximum atomic E-state index is 13.2. The number of morpholine rings is 1. The van der Waals surface area contributed by atoms with Crippen molar-refractivity contribution < 1.29 is 14.3 Å². The minimum atomic E-state index is -0.400. The maximum Gasteiger partial charge on any atom is 0.270 e. The van der Waals surface area contributed by atoms with Crippen molar-refractivity contribution in [3.63, 3.8) is 0 Å². The first-order valence-electron chi connectivity index (χ1n) is 11.3. The molecule has 3 aliphatic rings. The number of nitrogens with one attached hydrogen (secondary N) is 1. The number of ether oxygens (including phenoxy) is 1. The third-order valence-electron chi connectivity index (χ3n) is 6.11. The molecule has 1 aliphatic carbocycles. The lowest BCUT2D eigenvalue weighted by atomic mass is 9.92. The number of amides is 2. The molecule has 33 heavy (non-hydrogen) atoms. The van der Waals surface area contributed by atoms with Gasteiger partial charge in [0.25, 0.3) is 5.91 Å². The zero-order valence-corrected chi connectivity index (χ0v) is 19.1. The van der Waals surface area contributed by atoms with Crippen molar-refractivity contribution in [1.29, 1.82) is 0 Å². The van der Waals surface area contributed by atoms with E-state index in [1.807, 2.05) is 43.4 Å². The summed E-state index contributed by atoms with van der Waals surface area (Å²) in [5.41, 5.74) is 5.72. The van der Waals surface area contributed by atoms with Crippen LogP contribution in [0.2, 0.25) is 0 Å². The second-order valence-electron chi connectivity index (χ2n) is 8.34. The van der Waals surface area contributed by atoms with Gasteiger partial charge in [0, 0.05) is 37.7 Å². The van der Waals surface area contributed by atoms with Crippen LogP contribution in [0, 0.1) is 13.3 Å². The van der Waals surface area contributed by atoms with E-state index in [1.165, 1.54) is 0 Å². The van der Waals surface area contributed by atoms with Gasteiger partial charge in [0.1, 0.15) is 5.71 Å². The average molecular weight is 446 g/mol. The van der Waals surface area contributed by atoms with Crippen molar-refractivity contribution >= 4 is 17.5 Å². The summed E-state index contributed by atoms with van der Waals surface area (Å²) in [6.45, 7) is 10.1. The highest BCUT2D eigenvalue weighted by atomic mass is 16.5. The molecule has 3 heterocycles. The molecule has 1 aromatic heterocycles. The molecule has 1 aromatic rings. The van der Waals surface area contributed by atoms with Crippen LogP contribution in [-0.4, -0.2) is 53.7 Å². The predicted molar refractivity (Wildman–Crippen MR) is 127 cm³/mol. The molecule has 1 saturated heterocycles. The topological polar surface area (TPSA) is 83.9 Å².